The molecule has 3 nitrogen and oxygen atoms in total. The van der Waals surface area contributed by atoms with Crippen LogP contribution >= 0.6 is 0 Å². The average molecular weight is 268 g/mol. The van der Waals surface area contributed by atoms with E-state index in [9.17, 15) is 4.79 Å². The second-order valence-electron chi connectivity index (χ2n) is 5.03. The number of hydrogen-bond donors (Lipinski definition) is 1. The highest BCUT2D eigenvalue weighted by Crippen LogP contribution is 2.19. The molecule has 20 heavy (non-hydrogen) atoms. The Balaban J connectivity index is 2.08. The quantitative estimate of drug-likeness (QED) is 0.866. The standard InChI is InChI=1S/C17H20N2O/c1-13(14-8-4-3-5-9-14)17(20)19(2)12-15-10-6-7-11-16(15)18/h3-11,13H,12,18H2,1-2H3. The lowest BCUT2D eigenvalue weighted by Crippen LogP contribution is -2.30. The van der Waals surface area contributed by atoms with Gasteiger partial charge in [0.2, 0.25) is 5.91 Å². The minimum Gasteiger partial charge on any atom is -0.398 e. The molecule has 2 aromatic carbocycles. The van der Waals surface area contributed by atoms with Gasteiger partial charge in [0.15, 0.2) is 0 Å². The van der Waals surface area contributed by atoms with Crippen molar-refractivity contribution in [2.24, 2.45) is 0 Å². The highest BCUT2D eigenvalue weighted by molar-refractivity contribution is 5.83. The normalized spacial score (nSPS) is 11.9. The van der Waals surface area contributed by atoms with Gasteiger partial charge in [-0.3, -0.25) is 4.79 Å². The molecule has 2 aromatic rings. The van der Waals surface area contributed by atoms with Crippen molar-refractivity contribution in [1.82, 2.24) is 4.90 Å². The van der Waals surface area contributed by atoms with Gasteiger partial charge in [0.1, 0.15) is 0 Å². The molecular formula is C17H20N2O. The first-order valence-electron chi connectivity index (χ1n) is 6.73. The molecule has 0 heterocycles. The fourth-order valence-electron chi connectivity index (χ4n) is 2.23. The van der Waals surface area contributed by atoms with Crippen LogP contribution in [0.3, 0.4) is 0 Å². The monoisotopic (exact) mass is 268 g/mol. The van der Waals surface area contributed by atoms with Crippen molar-refractivity contribution in [3.05, 3.63) is 65.7 Å². The molecule has 0 fully saturated rings. The van der Waals surface area contributed by atoms with E-state index in [0.717, 1.165) is 16.8 Å². The Hall–Kier alpha value is -2.29. The van der Waals surface area contributed by atoms with Crippen molar-refractivity contribution in [2.75, 3.05) is 12.8 Å². The van der Waals surface area contributed by atoms with Crippen LogP contribution in [0.2, 0.25) is 0 Å². The molecule has 0 saturated carbocycles. The van der Waals surface area contributed by atoms with Crippen LogP contribution < -0.4 is 5.73 Å². The molecule has 0 spiro atoms. The fraction of sp³-hybridized carbons (Fsp3) is 0.235. The number of nitrogens with two attached hydrogens (primary N) is 1. The zero-order chi connectivity index (χ0) is 14.5. The Morgan fingerprint density at radius 3 is 2.35 bits per heavy atom. The van der Waals surface area contributed by atoms with Crippen LogP contribution in [0.5, 0.6) is 0 Å². The number of carbonyl (C=O) groups excluding carboxylic acids is 1. The van der Waals surface area contributed by atoms with Gasteiger partial charge in [0, 0.05) is 19.3 Å². The van der Waals surface area contributed by atoms with E-state index >= 15 is 0 Å². The largest absolute Gasteiger partial charge is 0.398 e. The summed E-state index contributed by atoms with van der Waals surface area (Å²) in [5.41, 5.74) is 8.65. The Bertz CT molecular complexity index is 581. The average Bonchev–Trinajstić information content (AvgIpc) is 2.49. The van der Waals surface area contributed by atoms with Gasteiger partial charge in [0.25, 0.3) is 0 Å². The van der Waals surface area contributed by atoms with E-state index in [2.05, 4.69) is 0 Å². The second-order valence-corrected chi connectivity index (χ2v) is 5.03. The maximum Gasteiger partial charge on any atom is 0.229 e. The van der Waals surface area contributed by atoms with E-state index in [4.69, 9.17) is 5.73 Å². The van der Waals surface area contributed by atoms with Gasteiger partial charge in [-0.2, -0.15) is 0 Å². The third kappa shape index (κ3) is 3.18. The molecule has 2 N–H and O–H groups in total. The van der Waals surface area contributed by atoms with Crippen LogP contribution in [0.1, 0.15) is 24.0 Å². The van der Waals surface area contributed by atoms with Crippen LogP contribution in [-0.2, 0) is 11.3 Å². The van der Waals surface area contributed by atoms with Crippen LogP contribution in [0.15, 0.2) is 54.6 Å². The van der Waals surface area contributed by atoms with E-state index in [0.29, 0.717) is 6.54 Å². The van der Waals surface area contributed by atoms with Gasteiger partial charge in [-0.25, -0.2) is 0 Å². The van der Waals surface area contributed by atoms with Gasteiger partial charge in [-0.05, 0) is 24.1 Å². The number of amides is 1. The number of anilines is 1. The molecular weight excluding hydrogens is 248 g/mol. The number of nitrogen functional groups attached to an aromatic ring is 1. The van der Waals surface area contributed by atoms with Gasteiger partial charge >= 0.3 is 0 Å². The first-order valence-corrected chi connectivity index (χ1v) is 6.73. The number of hydrogen-bond acceptors (Lipinski definition) is 2. The molecule has 1 atom stereocenters. The summed E-state index contributed by atoms with van der Waals surface area (Å²) in [6.45, 7) is 2.46. The maximum atomic E-state index is 12.4. The van der Waals surface area contributed by atoms with Crippen LogP contribution in [0, 0.1) is 0 Å². The van der Waals surface area contributed by atoms with Crippen LogP contribution in [-0.4, -0.2) is 17.9 Å². The molecule has 1 unspecified atom stereocenters. The van der Waals surface area contributed by atoms with Crippen LogP contribution in [0.4, 0.5) is 5.69 Å². The lowest BCUT2D eigenvalue weighted by molar-refractivity contribution is -0.131. The van der Waals surface area contributed by atoms with E-state index in [1.54, 1.807) is 4.90 Å². The molecule has 3 heteroatoms. The van der Waals surface area contributed by atoms with Crippen molar-refractivity contribution in [3.8, 4) is 0 Å². The number of rotatable bonds is 4. The summed E-state index contributed by atoms with van der Waals surface area (Å²) in [6.07, 6.45) is 0. The summed E-state index contributed by atoms with van der Waals surface area (Å²) in [6, 6.07) is 17.5. The summed E-state index contributed by atoms with van der Waals surface area (Å²) in [4.78, 5) is 14.2. The first kappa shape index (κ1) is 14.1. The van der Waals surface area contributed by atoms with E-state index in [-0.39, 0.29) is 11.8 Å². The van der Waals surface area contributed by atoms with E-state index in [1.807, 2.05) is 68.6 Å². The van der Waals surface area contributed by atoms with Crippen molar-refractivity contribution in [1.29, 1.82) is 0 Å². The molecule has 2 rings (SSSR count). The van der Waals surface area contributed by atoms with E-state index < -0.39 is 0 Å². The molecule has 1 amide bonds. The van der Waals surface area contributed by atoms with Gasteiger partial charge in [-0.1, -0.05) is 48.5 Å². The lowest BCUT2D eigenvalue weighted by Gasteiger charge is -2.22. The molecule has 0 aliphatic rings. The predicted octanol–water partition coefficient (Wildman–Crippen LogP) is 3.03. The number of para-hydroxylation sites is 1. The molecule has 0 radical (unpaired) electrons. The Labute approximate surface area is 120 Å². The third-order valence-corrected chi connectivity index (χ3v) is 3.51. The Morgan fingerprint density at radius 1 is 1.10 bits per heavy atom. The van der Waals surface area contributed by atoms with Crippen molar-refractivity contribution in [3.63, 3.8) is 0 Å². The van der Waals surface area contributed by atoms with Crippen molar-refractivity contribution < 1.29 is 4.79 Å². The van der Waals surface area contributed by atoms with Gasteiger partial charge < -0.3 is 10.6 Å². The third-order valence-electron chi connectivity index (χ3n) is 3.51. The summed E-state index contributed by atoms with van der Waals surface area (Å²) in [5, 5.41) is 0. The molecule has 0 saturated heterocycles. The second kappa shape index (κ2) is 6.24. The van der Waals surface area contributed by atoms with Crippen LogP contribution in [0.25, 0.3) is 0 Å². The lowest BCUT2D eigenvalue weighted by atomic mass is 10.00. The zero-order valence-electron chi connectivity index (χ0n) is 11.9. The molecule has 0 aliphatic heterocycles. The predicted molar refractivity (Wildman–Crippen MR) is 82.2 cm³/mol. The Morgan fingerprint density at radius 2 is 1.70 bits per heavy atom. The van der Waals surface area contributed by atoms with Gasteiger partial charge in [-0.15, -0.1) is 0 Å². The number of nitrogens with zero attached hydrogens (tertiary/aromatic N) is 1. The summed E-state index contributed by atoms with van der Waals surface area (Å²) >= 11 is 0. The molecule has 0 aliphatic carbocycles. The highest BCUT2D eigenvalue weighted by atomic mass is 16.2. The van der Waals surface area contributed by atoms with Crippen molar-refractivity contribution in [2.45, 2.75) is 19.4 Å². The number of benzene rings is 2. The topological polar surface area (TPSA) is 46.3 Å². The smallest absolute Gasteiger partial charge is 0.229 e. The fourth-order valence-corrected chi connectivity index (χ4v) is 2.23. The highest BCUT2D eigenvalue weighted by Gasteiger charge is 2.19. The maximum absolute atomic E-state index is 12.4. The summed E-state index contributed by atoms with van der Waals surface area (Å²) < 4.78 is 0. The minimum atomic E-state index is -0.147. The zero-order valence-corrected chi connectivity index (χ0v) is 11.9. The SMILES string of the molecule is CC(C(=O)N(C)Cc1ccccc1N)c1ccccc1. The van der Waals surface area contributed by atoms with Crippen molar-refractivity contribution >= 4 is 11.6 Å². The molecule has 0 aromatic heterocycles. The molecule has 104 valence electrons. The Kier molecular flexibility index (Phi) is 4.41. The first-order chi connectivity index (χ1) is 9.59. The number of likely N-dealkylation sites (N-methyl/N-ethyl adjacent to an activating group) is 1. The van der Waals surface area contributed by atoms with Gasteiger partial charge in [0.05, 0.1) is 5.92 Å². The van der Waals surface area contributed by atoms with E-state index in [1.165, 1.54) is 0 Å². The molecule has 0 bridgehead atoms. The summed E-state index contributed by atoms with van der Waals surface area (Å²) in [5.74, 6) is -0.0504. The number of carbonyl (C=O) groups is 1. The summed E-state index contributed by atoms with van der Waals surface area (Å²) in [7, 11) is 1.81. The minimum absolute atomic E-state index is 0.0967.